The fraction of sp³-hybridized carbons (Fsp3) is 0.625. The second kappa shape index (κ2) is 8.89. The quantitative estimate of drug-likeness (QED) is 0.442. The summed E-state index contributed by atoms with van der Waals surface area (Å²) in [6.07, 6.45) is -0.965. The summed E-state index contributed by atoms with van der Waals surface area (Å²) in [7, 11) is 0. The Kier molecular flexibility index (Phi) is 6.86. The molecule has 0 amide bonds. The Bertz CT molecular complexity index is 579. The summed E-state index contributed by atoms with van der Waals surface area (Å²) in [4.78, 5) is 10.3. The van der Waals surface area contributed by atoms with Crippen LogP contribution in [-0.4, -0.2) is 54.7 Å². The van der Waals surface area contributed by atoms with Crippen LogP contribution >= 0.6 is 0 Å². The third-order valence-electron chi connectivity index (χ3n) is 4.10. The van der Waals surface area contributed by atoms with Crippen molar-refractivity contribution in [1.29, 1.82) is 0 Å². The lowest BCUT2D eigenvalue weighted by Crippen LogP contribution is -2.37. The van der Waals surface area contributed by atoms with Crippen molar-refractivity contribution in [2.75, 3.05) is 32.8 Å². The van der Waals surface area contributed by atoms with Crippen LogP contribution in [0.2, 0.25) is 0 Å². The minimum absolute atomic E-state index is 0.000820. The Hall–Kier alpha value is -2.03. The number of guanidine groups is 1. The molecule has 1 saturated heterocycles. The molecule has 0 saturated carbocycles. The third-order valence-corrected chi connectivity index (χ3v) is 4.10. The number of halogens is 3. The van der Waals surface area contributed by atoms with E-state index in [2.05, 4.69) is 27.1 Å². The average Bonchev–Trinajstić information content (AvgIpc) is 3.04. The first-order chi connectivity index (χ1) is 11.9. The first-order valence-corrected chi connectivity index (χ1v) is 8.34. The van der Waals surface area contributed by atoms with E-state index in [0.29, 0.717) is 12.6 Å². The highest BCUT2D eigenvalue weighted by atomic mass is 19.4. The van der Waals surface area contributed by atoms with Crippen molar-refractivity contribution in [3.8, 4) is 5.88 Å². The lowest BCUT2D eigenvalue weighted by molar-refractivity contribution is -0.139. The molecular formula is C16H24F3N5O. The molecular weight excluding hydrogens is 335 g/mol. The molecule has 0 aromatic carbocycles. The summed E-state index contributed by atoms with van der Waals surface area (Å²) in [6.45, 7) is 5.06. The number of likely N-dealkylation sites (N-methyl/N-ethyl adjacent to an activating group) is 1. The molecule has 3 N–H and O–H groups in total. The Balaban J connectivity index is 1.75. The van der Waals surface area contributed by atoms with Crippen molar-refractivity contribution in [3.05, 3.63) is 23.9 Å². The van der Waals surface area contributed by atoms with Gasteiger partial charge >= 0.3 is 6.18 Å². The van der Waals surface area contributed by atoms with E-state index in [4.69, 9.17) is 10.5 Å². The number of aromatic nitrogens is 1. The number of aliphatic imine (C=N–C) groups is 1. The van der Waals surface area contributed by atoms with Crippen molar-refractivity contribution < 1.29 is 17.9 Å². The standard InChI is InChI=1S/C16H24F3N5O/c1-2-24-9-4-5-12(24)11-23-15(20)22-8-10-25-14-13(16(17,18)19)6-3-7-21-14/h3,6-7,12H,2,4-5,8-11H2,1H3,(H3,20,22,23). The fourth-order valence-electron chi connectivity index (χ4n) is 2.83. The molecule has 0 spiro atoms. The maximum Gasteiger partial charge on any atom is 0.421 e. The van der Waals surface area contributed by atoms with E-state index < -0.39 is 17.6 Å². The van der Waals surface area contributed by atoms with Gasteiger partial charge in [-0.25, -0.2) is 4.98 Å². The Morgan fingerprint density at radius 1 is 1.52 bits per heavy atom. The third kappa shape index (κ3) is 5.77. The summed E-state index contributed by atoms with van der Waals surface area (Å²) >= 11 is 0. The van der Waals surface area contributed by atoms with Crippen LogP contribution in [0, 0.1) is 0 Å². The van der Waals surface area contributed by atoms with Crippen LogP contribution in [0.4, 0.5) is 13.2 Å². The first kappa shape index (κ1) is 19.3. The number of pyridine rings is 1. The van der Waals surface area contributed by atoms with Crippen molar-refractivity contribution in [2.45, 2.75) is 32.0 Å². The molecule has 6 nitrogen and oxygen atoms in total. The van der Waals surface area contributed by atoms with Gasteiger partial charge in [-0.15, -0.1) is 0 Å². The van der Waals surface area contributed by atoms with E-state index in [1.165, 1.54) is 18.7 Å². The topological polar surface area (TPSA) is 75.8 Å². The molecule has 1 fully saturated rings. The number of alkyl halides is 3. The second-order valence-electron chi connectivity index (χ2n) is 5.78. The smallest absolute Gasteiger partial charge is 0.421 e. The molecule has 9 heteroatoms. The van der Waals surface area contributed by atoms with Gasteiger partial charge < -0.3 is 15.8 Å². The normalized spacial score (nSPS) is 19.2. The SMILES string of the molecule is CCN1CCCC1CN=C(N)NCCOc1ncccc1C(F)(F)F. The fourth-order valence-corrected chi connectivity index (χ4v) is 2.83. The largest absolute Gasteiger partial charge is 0.475 e. The first-order valence-electron chi connectivity index (χ1n) is 8.34. The number of nitrogens with zero attached hydrogens (tertiary/aromatic N) is 3. The highest BCUT2D eigenvalue weighted by Gasteiger charge is 2.35. The number of hydrogen-bond donors (Lipinski definition) is 2. The summed E-state index contributed by atoms with van der Waals surface area (Å²) in [5.74, 6) is -0.166. The Morgan fingerprint density at radius 3 is 3.04 bits per heavy atom. The molecule has 0 radical (unpaired) electrons. The minimum Gasteiger partial charge on any atom is -0.475 e. The number of likely N-dealkylation sites (tertiary alicyclic amines) is 1. The number of hydrogen-bond acceptors (Lipinski definition) is 4. The number of nitrogens with one attached hydrogen (secondary N) is 1. The van der Waals surface area contributed by atoms with Crippen LogP contribution in [0.5, 0.6) is 5.88 Å². The molecule has 2 rings (SSSR count). The summed E-state index contributed by atoms with van der Waals surface area (Å²) in [5, 5.41) is 2.84. The highest BCUT2D eigenvalue weighted by molar-refractivity contribution is 5.77. The van der Waals surface area contributed by atoms with Crippen LogP contribution in [-0.2, 0) is 6.18 Å². The van der Waals surface area contributed by atoms with Crippen LogP contribution in [0.25, 0.3) is 0 Å². The molecule has 1 aliphatic heterocycles. The van der Waals surface area contributed by atoms with Gasteiger partial charge in [-0.2, -0.15) is 13.2 Å². The van der Waals surface area contributed by atoms with Gasteiger partial charge in [-0.3, -0.25) is 9.89 Å². The van der Waals surface area contributed by atoms with Gasteiger partial charge in [0.05, 0.1) is 13.1 Å². The zero-order chi connectivity index (χ0) is 18.3. The number of rotatable bonds is 7. The van der Waals surface area contributed by atoms with Gasteiger partial charge in [-0.05, 0) is 38.1 Å². The van der Waals surface area contributed by atoms with Crippen LogP contribution < -0.4 is 15.8 Å². The van der Waals surface area contributed by atoms with Gasteiger partial charge in [-0.1, -0.05) is 6.92 Å². The second-order valence-corrected chi connectivity index (χ2v) is 5.78. The highest BCUT2D eigenvalue weighted by Crippen LogP contribution is 2.34. The van der Waals surface area contributed by atoms with Crippen LogP contribution in [0.3, 0.4) is 0 Å². The molecule has 1 aliphatic rings. The van der Waals surface area contributed by atoms with Gasteiger partial charge in [0, 0.05) is 12.2 Å². The minimum atomic E-state index is -4.50. The lowest BCUT2D eigenvalue weighted by atomic mass is 10.2. The molecule has 1 unspecified atom stereocenters. The Labute approximate surface area is 145 Å². The van der Waals surface area contributed by atoms with Crippen molar-refractivity contribution in [1.82, 2.24) is 15.2 Å². The van der Waals surface area contributed by atoms with Crippen molar-refractivity contribution in [3.63, 3.8) is 0 Å². The zero-order valence-corrected chi connectivity index (χ0v) is 14.2. The average molecular weight is 359 g/mol. The molecule has 0 bridgehead atoms. The molecule has 1 atom stereocenters. The number of ether oxygens (including phenoxy) is 1. The Morgan fingerprint density at radius 2 is 2.32 bits per heavy atom. The maximum atomic E-state index is 12.8. The van der Waals surface area contributed by atoms with E-state index in [1.54, 1.807) is 0 Å². The van der Waals surface area contributed by atoms with Crippen molar-refractivity contribution >= 4 is 5.96 Å². The van der Waals surface area contributed by atoms with Crippen LogP contribution in [0.15, 0.2) is 23.3 Å². The van der Waals surface area contributed by atoms with Crippen molar-refractivity contribution in [2.24, 2.45) is 10.7 Å². The summed E-state index contributed by atoms with van der Waals surface area (Å²) in [5.41, 5.74) is 4.90. The molecule has 25 heavy (non-hydrogen) atoms. The van der Waals surface area contributed by atoms with Gasteiger partial charge in [0.25, 0.3) is 0 Å². The van der Waals surface area contributed by atoms with Crippen LogP contribution in [0.1, 0.15) is 25.3 Å². The molecule has 0 aliphatic carbocycles. The van der Waals surface area contributed by atoms with E-state index >= 15 is 0 Å². The molecule has 140 valence electrons. The molecule has 2 heterocycles. The molecule has 1 aromatic heterocycles. The summed E-state index contributed by atoms with van der Waals surface area (Å²) < 4.78 is 43.6. The van der Waals surface area contributed by atoms with Gasteiger partial charge in [0.1, 0.15) is 12.2 Å². The van der Waals surface area contributed by atoms with E-state index in [1.807, 2.05) is 0 Å². The monoisotopic (exact) mass is 359 g/mol. The van der Waals surface area contributed by atoms with E-state index in [-0.39, 0.29) is 19.1 Å². The van der Waals surface area contributed by atoms with Gasteiger partial charge in [0.2, 0.25) is 5.88 Å². The van der Waals surface area contributed by atoms with E-state index in [0.717, 1.165) is 25.6 Å². The predicted molar refractivity (Wildman–Crippen MR) is 89.5 cm³/mol. The number of nitrogens with two attached hydrogens (primary N) is 1. The molecule has 1 aromatic rings. The maximum absolute atomic E-state index is 12.8. The predicted octanol–water partition coefficient (Wildman–Crippen LogP) is 1.87. The van der Waals surface area contributed by atoms with E-state index in [9.17, 15) is 13.2 Å². The lowest BCUT2D eigenvalue weighted by Gasteiger charge is -2.21. The van der Waals surface area contributed by atoms with Gasteiger partial charge in [0.15, 0.2) is 5.96 Å². The summed E-state index contributed by atoms with van der Waals surface area (Å²) in [6, 6.07) is 2.57. The zero-order valence-electron chi connectivity index (χ0n) is 14.2.